The molecule has 2 aliphatic heterocycles. The number of thioether (sulfide) groups is 1. The van der Waals surface area contributed by atoms with E-state index in [0.29, 0.717) is 16.3 Å². The van der Waals surface area contributed by atoms with Crippen molar-refractivity contribution >= 4 is 46.6 Å². The third-order valence-electron chi connectivity index (χ3n) is 6.84. The molecule has 0 radical (unpaired) electrons. The van der Waals surface area contributed by atoms with Gasteiger partial charge in [0, 0.05) is 10.8 Å². The first kappa shape index (κ1) is 24.4. The Morgan fingerprint density at radius 3 is 2.26 bits per heavy atom. The Morgan fingerprint density at radius 2 is 1.58 bits per heavy atom. The molecule has 3 atom stereocenters. The number of anilines is 1. The van der Waals surface area contributed by atoms with E-state index in [2.05, 4.69) is 4.98 Å². The summed E-state index contributed by atoms with van der Waals surface area (Å²) in [5.41, 5.74) is 3.73. The SMILES string of the molecule is CCOC(=O)c1ccc(N2C(=O)C3Sc4[nH]c(=O)sc4[C@H](c4ccc(-c5ccccc5)cc4)C3C2=O)cc1. The van der Waals surface area contributed by atoms with Gasteiger partial charge < -0.3 is 9.72 Å². The van der Waals surface area contributed by atoms with E-state index in [4.69, 9.17) is 4.74 Å². The van der Waals surface area contributed by atoms with Gasteiger partial charge in [0.2, 0.25) is 11.8 Å². The molecular weight excluding hydrogens is 520 g/mol. The number of nitrogens with zero attached hydrogens (tertiary/aromatic N) is 1. The second-order valence-electron chi connectivity index (χ2n) is 9.02. The van der Waals surface area contributed by atoms with Gasteiger partial charge in [-0.15, -0.1) is 0 Å². The number of fused-ring (bicyclic) bond motifs is 2. The Labute approximate surface area is 226 Å². The second-order valence-corrected chi connectivity index (χ2v) is 11.2. The number of H-pyrrole nitrogens is 1. The van der Waals surface area contributed by atoms with Crippen LogP contribution in [0.3, 0.4) is 0 Å². The summed E-state index contributed by atoms with van der Waals surface area (Å²) in [7, 11) is 0. The Morgan fingerprint density at radius 1 is 0.895 bits per heavy atom. The van der Waals surface area contributed by atoms with Crippen molar-refractivity contribution in [3.63, 3.8) is 0 Å². The Bertz CT molecular complexity index is 1590. The highest BCUT2D eigenvalue weighted by atomic mass is 32.2. The molecule has 3 heterocycles. The van der Waals surface area contributed by atoms with Crippen LogP contribution in [0.4, 0.5) is 5.69 Å². The van der Waals surface area contributed by atoms with Gasteiger partial charge in [0.25, 0.3) is 0 Å². The summed E-state index contributed by atoms with van der Waals surface area (Å²) < 4.78 is 5.03. The third-order valence-corrected chi connectivity index (χ3v) is 9.24. The van der Waals surface area contributed by atoms with Crippen LogP contribution in [0.5, 0.6) is 0 Å². The lowest BCUT2D eigenvalue weighted by Crippen LogP contribution is -2.32. The summed E-state index contributed by atoms with van der Waals surface area (Å²) in [6.07, 6.45) is 0. The number of carbonyl (C=O) groups excluding carboxylic acids is 3. The van der Waals surface area contributed by atoms with E-state index >= 15 is 0 Å². The van der Waals surface area contributed by atoms with Gasteiger partial charge in [0.05, 0.1) is 28.8 Å². The van der Waals surface area contributed by atoms with Gasteiger partial charge in [-0.2, -0.15) is 0 Å². The molecule has 6 rings (SSSR count). The van der Waals surface area contributed by atoms with Gasteiger partial charge in [-0.3, -0.25) is 14.4 Å². The van der Waals surface area contributed by atoms with Crippen molar-refractivity contribution in [3.8, 4) is 11.1 Å². The number of ether oxygens (including phenoxy) is 1. The number of thiazole rings is 1. The average Bonchev–Trinajstić information content (AvgIpc) is 3.43. The first-order chi connectivity index (χ1) is 18.5. The summed E-state index contributed by atoms with van der Waals surface area (Å²) in [5.74, 6) is -2.23. The van der Waals surface area contributed by atoms with Crippen molar-refractivity contribution in [1.82, 2.24) is 4.98 Å². The minimum Gasteiger partial charge on any atom is -0.462 e. The number of benzene rings is 3. The Hall–Kier alpha value is -3.95. The van der Waals surface area contributed by atoms with Gasteiger partial charge in [-0.25, -0.2) is 9.69 Å². The zero-order valence-corrected chi connectivity index (χ0v) is 21.9. The number of aromatic nitrogens is 1. The summed E-state index contributed by atoms with van der Waals surface area (Å²) in [5, 5.41) is -0.0390. The molecule has 1 aromatic heterocycles. The van der Waals surface area contributed by atoms with Gasteiger partial charge >= 0.3 is 10.8 Å². The maximum Gasteiger partial charge on any atom is 0.338 e. The van der Waals surface area contributed by atoms with Gasteiger partial charge in [0.15, 0.2) is 0 Å². The zero-order valence-electron chi connectivity index (χ0n) is 20.2. The minimum absolute atomic E-state index is 0.209. The molecule has 0 spiro atoms. The van der Waals surface area contributed by atoms with Gasteiger partial charge in [-0.05, 0) is 47.9 Å². The Kier molecular flexibility index (Phi) is 6.25. The van der Waals surface area contributed by atoms with Crippen LogP contribution in [-0.2, 0) is 14.3 Å². The number of imide groups is 1. The molecule has 0 bridgehead atoms. The van der Waals surface area contributed by atoms with Crippen LogP contribution in [0.15, 0.2) is 88.7 Å². The van der Waals surface area contributed by atoms with Gasteiger partial charge in [-0.1, -0.05) is 77.7 Å². The highest BCUT2D eigenvalue weighted by molar-refractivity contribution is 8.00. The van der Waals surface area contributed by atoms with E-state index in [1.165, 1.54) is 16.7 Å². The van der Waals surface area contributed by atoms with E-state index in [0.717, 1.165) is 32.9 Å². The van der Waals surface area contributed by atoms with E-state index in [9.17, 15) is 19.2 Å². The van der Waals surface area contributed by atoms with Crippen molar-refractivity contribution in [2.75, 3.05) is 11.5 Å². The fourth-order valence-corrected chi connectivity index (χ4v) is 7.62. The smallest absolute Gasteiger partial charge is 0.338 e. The number of hydrogen-bond donors (Lipinski definition) is 1. The summed E-state index contributed by atoms with van der Waals surface area (Å²) in [4.78, 5) is 56.5. The summed E-state index contributed by atoms with van der Waals surface area (Å²) >= 11 is 2.33. The molecule has 2 amide bonds. The molecular formula is C29H22N2O5S2. The van der Waals surface area contributed by atoms with Crippen LogP contribution in [0.25, 0.3) is 11.1 Å². The second kappa shape index (κ2) is 9.74. The fraction of sp³-hybridized carbons (Fsp3) is 0.172. The van der Waals surface area contributed by atoms with Gasteiger partial charge in [0.1, 0.15) is 5.25 Å². The molecule has 38 heavy (non-hydrogen) atoms. The monoisotopic (exact) mass is 542 g/mol. The number of rotatable bonds is 5. The molecule has 1 fully saturated rings. The molecule has 2 aliphatic rings. The van der Waals surface area contributed by atoms with Crippen LogP contribution in [-0.4, -0.2) is 34.6 Å². The van der Waals surface area contributed by atoms with Crippen molar-refractivity contribution in [3.05, 3.63) is 105 Å². The fourth-order valence-electron chi connectivity index (χ4n) is 5.11. The van der Waals surface area contributed by atoms with Crippen LogP contribution < -0.4 is 9.77 Å². The highest BCUT2D eigenvalue weighted by Crippen LogP contribution is 2.53. The topological polar surface area (TPSA) is 96.5 Å². The summed E-state index contributed by atoms with van der Waals surface area (Å²) in [6, 6.07) is 24.2. The van der Waals surface area contributed by atoms with Crippen molar-refractivity contribution in [2.24, 2.45) is 5.92 Å². The quantitative estimate of drug-likeness (QED) is 0.279. The third kappa shape index (κ3) is 4.08. The molecule has 2 unspecified atom stereocenters. The molecule has 9 heteroatoms. The van der Waals surface area contributed by atoms with E-state index in [1.54, 1.807) is 31.2 Å². The Balaban J connectivity index is 1.37. The van der Waals surface area contributed by atoms with Crippen molar-refractivity contribution < 1.29 is 19.1 Å². The standard InChI is InChI=1S/C29H22N2O5S2/c1-2-36-28(34)19-12-14-20(15-13-19)31-26(32)22-21(23-25(30-29(35)38-23)37-24(22)27(31)33)18-10-8-17(9-11-18)16-6-4-3-5-7-16/h3-15,21-22,24H,2H2,1H3,(H,30,35)/t21-,22?,24?/m1/s1. The first-order valence-electron chi connectivity index (χ1n) is 12.2. The van der Waals surface area contributed by atoms with Crippen LogP contribution in [0, 0.1) is 5.92 Å². The zero-order chi connectivity index (χ0) is 26.4. The predicted octanol–water partition coefficient (Wildman–Crippen LogP) is 5.08. The molecule has 0 aliphatic carbocycles. The number of nitrogens with one attached hydrogen (secondary N) is 1. The molecule has 7 nitrogen and oxygen atoms in total. The largest absolute Gasteiger partial charge is 0.462 e. The lowest BCUT2D eigenvalue weighted by atomic mass is 9.82. The molecule has 3 aromatic carbocycles. The maximum atomic E-state index is 13.9. The van der Waals surface area contributed by atoms with Crippen molar-refractivity contribution in [1.29, 1.82) is 0 Å². The predicted molar refractivity (Wildman–Crippen MR) is 147 cm³/mol. The number of amides is 2. The number of hydrogen-bond acceptors (Lipinski definition) is 7. The molecule has 0 saturated carbocycles. The number of esters is 1. The lowest BCUT2D eigenvalue weighted by molar-refractivity contribution is -0.122. The van der Waals surface area contributed by atoms with Crippen LogP contribution >= 0.6 is 23.1 Å². The van der Waals surface area contributed by atoms with Crippen LogP contribution in [0.1, 0.15) is 33.6 Å². The molecule has 1 saturated heterocycles. The van der Waals surface area contributed by atoms with E-state index in [-0.39, 0.29) is 23.3 Å². The number of carbonyl (C=O) groups is 3. The van der Waals surface area contributed by atoms with E-state index in [1.807, 2.05) is 54.6 Å². The highest BCUT2D eigenvalue weighted by Gasteiger charge is 2.56. The lowest BCUT2D eigenvalue weighted by Gasteiger charge is -2.29. The number of aromatic amines is 1. The van der Waals surface area contributed by atoms with E-state index < -0.39 is 23.1 Å². The van der Waals surface area contributed by atoms with Crippen molar-refractivity contribution in [2.45, 2.75) is 23.1 Å². The maximum absolute atomic E-state index is 13.9. The van der Waals surface area contributed by atoms with Crippen LogP contribution in [0.2, 0.25) is 0 Å². The molecule has 1 N–H and O–H groups in total. The normalized spacial score (nSPS) is 20.2. The average molecular weight is 543 g/mol. The molecule has 4 aromatic rings. The minimum atomic E-state index is -0.677. The first-order valence-corrected chi connectivity index (χ1v) is 13.9. The molecule has 190 valence electrons. The summed E-state index contributed by atoms with van der Waals surface area (Å²) in [6.45, 7) is 1.98.